The number of nitrogens with one attached hydrogen (secondary N) is 1. The highest BCUT2D eigenvalue weighted by molar-refractivity contribution is 8.00. The second-order valence-corrected chi connectivity index (χ2v) is 10.9. The first-order chi connectivity index (χ1) is 17.2. The van der Waals surface area contributed by atoms with E-state index in [1.807, 2.05) is 17.6 Å². The molecule has 0 saturated carbocycles. The number of β-lactam (4-membered cyclic amide) rings is 1. The van der Waals surface area contributed by atoms with Gasteiger partial charge in [-0.3, -0.25) is 14.5 Å². The number of carboxylic acid groups (broad SMARTS) is 1. The van der Waals surface area contributed by atoms with Crippen molar-refractivity contribution in [2.75, 3.05) is 17.2 Å². The quantitative estimate of drug-likeness (QED) is 0.252. The summed E-state index contributed by atoms with van der Waals surface area (Å²) in [7, 11) is 0. The number of hydrogen-bond acceptors (Lipinski definition) is 7. The van der Waals surface area contributed by atoms with Gasteiger partial charge in [-0.2, -0.15) is 0 Å². The number of nitrogen functional groups attached to an aromatic ring is 1. The van der Waals surface area contributed by atoms with E-state index in [9.17, 15) is 19.5 Å². The maximum absolute atomic E-state index is 12.8. The summed E-state index contributed by atoms with van der Waals surface area (Å²) in [5.41, 5.74) is 6.13. The lowest BCUT2D eigenvalue weighted by Gasteiger charge is -2.49. The number of carbonyl (C=O) groups excluding carboxylic acids is 2. The highest BCUT2D eigenvalue weighted by Gasteiger charge is 2.53. The van der Waals surface area contributed by atoms with Crippen molar-refractivity contribution >= 4 is 70.3 Å². The summed E-state index contributed by atoms with van der Waals surface area (Å²) < 4.78 is 1.86. The van der Waals surface area contributed by atoms with Crippen LogP contribution in [0.4, 0.5) is 5.82 Å². The van der Waals surface area contributed by atoms with Crippen LogP contribution >= 0.6 is 46.7 Å². The minimum Gasteiger partial charge on any atom is -0.477 e. The maximum Gasteiger partial charge on any atom is 0.352 e. The van der Waals surface area contributed by atoms with Crippen molar-refractivity contribution in [3.8, 4) is 0 Å². The van der Waals surface area contributed by atoms with Gasteiger partial charge in [0.2, 0.25) is 11.7 Å². The van der Waals surface area contributed by atoms with Crippen LogP contribution in [0.15, 0.2) is 58.8 Å². The standard InChI is InChI=1S/C23H21Cl2N5O4S2/c1-12-27-17(26)6-8-29(12)7-2-3-13-10-36-22-19(21(32)30(22)20(13)23(33)34)28-18(31)11-35-16-9-14(24)4-5-15(16)25/h2-6,8-9,19,22,26H,7,10-11H2,1H3,(H2,28,31,33,34)/p+1/b3-2+/t19-,22-/m1/s1. The molecule has 2 amide bonds. The Kier molecular flexibility index (Phi) is 8.13. The number of hydrogen-bond donors (Lipinski definition) is 3. The summed E-state index contributed by atoms with van der Waals surface area (Å²) in [6.07, 6.45) is 5.32. The average molecular weight is 568 g/mol. The van der Waals surface area contributed by atoms with Gasteiger partial charge in [0.15, 0.2) is 0 Å². The number of nitrogens with two attached hydrogens (primary N) is 1. The molecule has 1 aromatic carbocycles. The number of rotatable bonds is 8. The molecule has 4 rings (SSSR count). The molecule has 1 aromatic heterocycles. The van der Waals surface area contributed by atoms with Crippen molar-refractivity contribution in [1.82, 2.24) is 15.2 Å². The highest BCUT2D eigenvalue weighted by Crippen LogP contribution is 2.40. The van der Waals surface area contributed by atoms with Crippen LogP contribution in [0.1, 0.15) is 5.82 Å². The number of benzene rings is 1. The number of aromatic nitrogens is 2. The minimum absolute atomic E-state index is 0.0356. The first kappa shape index (κ1) is 26.3. The average Bonchev–Trinajstić information content (AvgIpc) is 2.83. The predicted octanol–water partition coefficient (Wildman–Crippen LogP) is 2.65. The van der Waals surface area contributed by atoms with Crippen molar-refractivity contribution in [2.45, 2.75) is 29.8 Å². The van der Waals surface area contributed by atoms with Crippen LogP contribution in [-0.2, 0) is 20.9 Å². The molecule has 2 aliphatic rings. The van der Waals surface area contributed by atoms with Crippen LogP contribution in [0.5, 0.6) is 0 Å². The summed E-state index contributed by atoms with van der Waals surface area (Å²) in [4.78, 5) is 43.5. The van der Waals surface area contributed by atoms with Crippen LogP contribution in [0.2, 0.25) is 10.0 Å². The van der Waals surface area contributed by atoms with E-state index in [-0.39, 0.29) is 17.4 Å². The molecule has 1 fully saturated rings. The van der Waals surface area contributed by atoms with Gasteiger partial charge in [-0.25, -0.2) is 9.36 Å². The Morgan fingerprint density at radius 3 is 2.89 bits per heavy atom. The Hall–Kier alpha value is -2.73. The molecule has 2 atom stereocenters. The van der Waals surface area contributed by atoms with Gasteiger partial charge in [0.1, 0.15) is 23.7 Å². The number of nitrogens with zero attached hydrogens (tertiary/aromatic N) is 3. The third-order valence-electron chi connectivity index (χ3n) is 5.52. The van der Waals surface area contributed by atoms with Crippen LogP contribution in [0.25, 0.3) is 0 Å². The molecule has 0 bridgehead atoms. The van der Waals surface area contributed by atoms with Gasteiger partial charge in [0.05, 0.1) is 17.0 Å². The van der Waals surface area contributed by atoms with Crippen LogP contribution in [0.3, 0.4) is 0 Å². The molecule has 36 heavy (non-hydrogen) atoms. The summed E-state index contributed by atoms with van der Waals surface area (Å²) in [5, 5.41) is 13.0. The molecule has 2 aromatic rings. The molecule has 4 N–H and O–H groups in total. The molecule has 9 nitrogen and oxygen atoms in total. The van der Waals surface area contributed by atoms with Gasteiger partial charge >= 0.3 is 5.97 Å². The van der Waals surface area contributed by atoms with E-state index in [1.165, 1.54) is 28.4 Å². The molecule has 2 aliphatic heterocycles. The Balaban J connectivity index is 1.40. The van der Waals surface area contributed by atoms with Gasteiger partial charge in [0, 0.05) is 28.7 Å². The fourth-order valence-corrected chi connectivity index (χ4v) is 6.40. The Morgan fingerprint density at radius 1 is 1.39 bits per heavy atom. The van der Waals surface area contributed by atoms with E-state index in [2.05, 4.69) is 10.3 Å². The molecule has 1 saturated heterocycles. The molecule has 13 heteroatoms. The number of amides is 2. The van der Waals surface area contributed by atoms with Crippen LogP contribution < -0.4 is 15.6 Å². The van der Waals surface area contributed by atoms with E-state index in [4.69, 9.17) is 28.9 Å². The lowest BCUT2D eigenvalue weighted by Crippen LogP contribution is -2.70. The molecular weight excluding hydrogens is 545 g/mol. The Labute approximate surface area is 225 Å². The zero-order chi connectivity index (χ0) is 26.0. The second kappa shape index (κ2) is 11.1. The van der Waals surface area contributed by atoms with Gasteiger partial charge in [0.25, 0.3) is 11.7 Å². The summed E-state index contributed by atoms with van der Waals surface area (Å²) >= 11 is 14.7. The number of anilines is 1. The van der Waals surface area contributed by atoms with Crippen LogP contribution in [-0.4, -0.2) is 55.7 Å². The van der Waals surface area contributed by atoms with E-state index in [0.717, 1.165) is 5.82 Å². The van der Waals surface area contributed by atoms with Gasteiger partial charge in [-0.05, 0) is 34.8 Å². The topological polar surface area (TPSA) is 130 Å². The Morgan fingerprint density at radius 2 is 2.17 bits per heavy atom. The zero-order valence-electron chi connectivity index (χ0n) is 19.0. The molecule has 0 radical (unpaired) electrons. The van der Waals surface area contributed by atoms with E-state index >= 15 is 0 Å². The van der Waals surface area contributed by atoms with Gasteiger partial charge < -0.3 is 16.2 Å². The summed E-state index contributed by atoms with van der Waals surface area (Å²) in [5.74, 6) is -0.445. The number of allylic oxidation sites excluding steroid dienone is 2. The number of aryl methyl sites for hydroxylation is 1. The van der Waals surface area contributed by atoms with Crippen molar-refractivity contribution in [2.24, 2.45) is 0 Å². The summed E-state index contributed by atoms with van der Waals surface area (Å²) in [6.45, 7) is 2.28. The van der Waals surface area contributed by atoms with Crippen LogP contribution in [0, 0.1) is 6.92 Å². The predicted molar refractivity (Wildman–Crippen MR) is 140 cm³/mol. The monoisotopic (exact) mass is 566 g/mol. The minimum atomic E-state index is -1.19. The second-order valence-electron chi connectivity index (χ2n) is 7.95. The highest BCUT2D eigenvalue weighted by atomic mass is 35.5. The normalized spacial score (nSPS) is 19.3. The largest absolute Gasteiger partial charge is 0.477 e. The number of carboxylic acids is 1. The van der Waals surface area contributed by atoms with Crippen molar-refractivity contribution in [3.63, 3.8) is 0 Å². The van der Waals surface area contributed by atoms with Gasteiger partial charge in [-0.15, -0.1) is 23.5 Å². The van der Waals surface area contributed by atoms with E-state index in [1.54, 1.807) is 36.5 Å². The maximum atomic E-state index is 12.8. The number of carbonyl (C=O) groups is 3. The fourth-order valence-electron chi connectivity index (χ4n) is 3.78. The number of aliphatic carboxylic acids is 1. The smallest absolute Gasteiger partial charge is 0.352 e. The molecule has 0 aliphatic carbocycles. The van der Waals surface area contributed by atoms with E-state index in [0.29, 0.717) is 38.6 Å². The molecule has 0 spiro atoms. The third kappa shape index (κ3) is 5.64. The summed E-state index contributed by atoms with van der Waals surface area (Å²) in [6, 6.07) is 5.85. The van der Waals surface area contributed by atoms with Crippen molar-refractivity contribution in [1.29, 1.82) is 0 Å². The zero-order valence-corrected chi connectivity index (χ0v) is 22.1. The first-order valence-electron chi connectivity index (χ1n) is 10.7. The van der Waals surface area contributed by atoms with E-state index < -0.39 is 23.3 Å². The fraction of sp³-hybridized carbons (Fsp3) is 0.261. The molecule has 0 unspecified atom stereocenters. The number of fused-ring (bicyclic) bond motifs is 1. The lowest BCUT2D eigenvalue weighted by atomic mass is 10.0. The van der Waals surface area contributed by atoms with Crippen molar-refractivity contribution < 1.29 is 24.1 Å². The molecule has 188 valence electrons. The molecule has 3 heterocycles. The Bertz CT molecular complexity index is 1300. The van der Waals surface area contributed by atoms with Crippen molar-refractivity contribution in [3.05, 3.63) is 69.8 Å². The third-order valence-corrected chi connectivity index (χ3v) is 8.56. The first-order valence-corrected chi connectivity index (χ1v) is 13.5. The lowest BCUT2D eigenvalue weighted by molar-refractivity contribution is -0.695. The number of thioether (sulfide) groups is 2. The molecular formula is C23H22Cl2N5O4S2+. The number of halogens is 2. The SMILES string of the molecule is Cc1nc(N)cc[n+]1C/C=C/C1=C(C(=O)O)N2C(=O)[C@@H](NC(=O)CSc3cc(Cl)ccc3Cl)[C@H]2SC1. The van der Waals surface area contributed by atoms with Gasteiger partial charge in [-0.1, -0.05) is 29.3 Å².